The molecule has 1 heterocycles. The summed E-state index contributed by atoms with van der Waals surface area (Å²) in [6.07, 6.45) is 2.65. The molecule has 0 radical (unpaired) electrons. The van der Waals surface area contributed by atoms with Crippen LogP contribution in [0.4, 0.5) is 0 Å². The molecule has 0 aromatic carbocycles. The average molecular weight is 249 g/mol. The summed E-state index contributed by atoms with van der Waals surface area (Å²) in [5, 5.41) is 20.1. The molecule has 1 aromatic rings. The highest BCUT2D eigenvalue weighted by Crippen LogP contribution is 2.44. The Bertz CT molecular complexity index is 456. The van der Waals surface area contributed by atoms with Gasteiger partial charge in [-0.05, 0) is 32.3 Å². The predicted molar refractivity (Wildman–Crippen MR) is 67.2 cm³/mol. The summed E-state index contributed by atoms with van der Waals surface area (Å²) < 4.78 is 0. The number of aliphatic hydroxyl groups excluding tert-OH is 1. The van der Waals surface area contributed by atoms with Crippen LogP contribution in [0.5, 0.6) is 0 Å². The van der Waals surface area contributed by atoms with Gasteiger partial charge in [-0.3, -0.25) is 4.79 Å². The van der Waals surface area contributed by atoms with Gasteiger partial charge in [0, 0.05) is 12.0 Å². The van der Waals surface area contributed by atoms with E-state index in [0.29, 0.717) is 24.2 Å². The molecule has 1 aliphatic rings. The number of aliphatic hydroxyl groups is 1. The molecule has 2 N–H and O–H groups in total. The van der Waals surface area contributed by atoms with Crippen LogP contribution in [0.15, 0.2) is 6.07 Å². The second kappa shape index (κ2) is 5.02. The summed E-state index contributed by atoms with van der Waals surface area (Å²) in [4.78, 5) is 12.1. The van der Waals surface area contributed by atoms with Crippen molar-refractivity contribution in [2.45, 2.75) is 33.1 Å². The smallest absolute Gasteiger partial charge is 0.253 e. The summed E-state index contributed by atoms with van der Waals surface area (Å²) in [6, 6.07) is 1.76. The highest BCUT2D eigenvalue weighted by Gasteiger charge is 2.42. The van der Waals surface area contributed by atoms with Gasteiger partial charge in [0.15, 0.2) is 0 Å². The lowest BCUT2D eigenvalue weighted by Crippen LogP contribution is -2.32. The van der Waals surface area contributed by atoms with Crippen LogP contribution in [-0.4, -0.2) is 34.4 Å². The zero-order chi connectivity index (χ0) is 13.2. The minimum atomic E-state index is -0.121. The molecule has 98 valence electrons. The van der Waals surface area contributed by atoms with Gasteiger partial charge in [-0.15, -0.1) is 0 Å². The number of hydrogen-bond acceptors (Lipinski definition) is 4. The lowest BCUT2D eigenvalue weighted by Gasteiger charge is -2.13. The van der Waals surface area contributed by atoms with Crippen molar-refractivity contribution in [1.29, 1.82) is 0 Å². The van der Waals surface area contributed by atoms with E-state index in [9.17, 15) is 9.90 Å². The summed E-state index contributed by atoms with van der Waals surface area (Å²) in [6.45, 7) is 4.44. The lowest BCUT2D eigenvalue weighted by molar-refractivity contribution is 0.0933. The molecule has 0 saturated heterocycles. The molecule has 1 saturated carbocycles. The fourth-order valence-corrected chi connectivity index (χ4v) is 1.90. The van der Waals surface area contributed by atoms with E-state index in [1.165, 1.54) is 0 Å². The molecule has 5 heteroatoms. The third-order valence-electron chi connectivity index (χ3n) is 3.49. The average Bonchev–Trinajstić information content (AvgIpc) is 3.16. The molecule has 1 fully saturated rings. The first-order valence-corrected chi connectivity index (χ1v) is 6.32. The second-order valence-electron chi connectivity index (χ2n) is 5.04. The number of rotatable bonds is 5. The van der Waals surface area contributed by atoms with Crippen molar-refractivity contribution >= 4 is 5.91 Å². The quantitative estimate of drug-likeness (QED) is 0.811. The zero-order valence-electron chi connectivity index (χ0n) is 10.9. The Morgan fingerprint density at radius 1 is 1.50 bits per heavy atom. The van der Waals surface area contributed by atoms with Crippen LogP contribution >= 0.6 is 0 Å². The molecule has 2 rings (SSSR count). The number of carbonyl (C=O) groups excluding carboxylic acids is 1. The molecule has 0 atom stereocenters. The Balaban J connectivity index is 2.06. The van der Waals surface area contributed by atoms with Gasteiger partial charge in [0.25, 0.3) is 5.91 Å². The van der Waals surface area contributed by atoms with Gasteiger partial charge in [0.1, 0.15) is 0 Å². The Morgan fingerprint density at radius 3 is 2.78 bits per heavy atom. The van der Waals surface area contributed by atoms with Crippen LogP contribution in [0, 0.1) is 12.3 Å². The van der Waals surface area contributed by atoms with Crippen LogP contribution in [0.25, 0.3) is 0 Å². The van der Waals surface area contributed by atoms with E-state index < -0.39 is 0 Å². The molecule has 0 aliphatic heterocycles. The molecule has 1 aliphatic carbocycles. The van der Waals surface area contributed by atoms with E-state index in [2.05, 4.69) is 15.5 Å². The molecular weight excluding hydrogens is 230 g/mol. The molecule has 0 unspecified atom stereocenters. The summed E-state index contributed by atoms with van der Waals surface area (Å²) in [7, 11) is 0. The predicted octanol–water partition coefficient (Wildman–Crippen LogP) is 0.850. The SMILES string of the molecule is CCc1nnc(C)cc1C(=O)NCC1(CO)CC1. The van der Waals surface area contributed by atoms with E-state index in [-0.39, 0.29) is 17.9 Å². The van der Waals surface area contributed by atoms with Gasteiger partial charge < -0.3 is 10.4 Å². The van der Waals surface area contributed by atoms with E-state index in [1.54, 1.807) is 6.07 Å². The maximum Gasteiger partial charge on any atom is 0.253 e. The molecule has 1 aromatic heterocycles. The molecule has 1 amide bonds. The van der Waals surface area contributed by atoms with Gasteiger partial charge >= 0.3 is 0 Å². The monoisotopic (exact) mass is 249 g/mol. The first-order chi connectivity index (χ1) is 8.60. The third-order valence-corrected chi connectivity index (χ3v) is 3.49. The van der Waals surface area contributed by atoms with Gasteiger partial charge in [-0.1, -0.05) is 6.92 Å². The van der Waals surface area contributed by atoms with Crippen molar-refractivity contribution in [2.75, 3.05) is 13.2 Å². The fourth-order valence-electron chi connectivity index (χ4n) is 1.90. The molecular formula is C13H19N3O2. The number of aryl methyl sites for hydroxylation is 2. The maximum atomic E-state index is 12.1. The fraction of sp³-hybridized carbons (Fsp3) is 0.615. The molecule has 18 heavy (non-hydrogen) atoms. The zero-order valence-corrected chi connectivity index (χ0v) is 10.9. The van der Waals surface area contributed by atoms with E-state index in [4.69, 9.17) is 0 Å². The maximum absolute atomic E-state index is 12.1. The van der Waals surface area contributed by atoms with E-state index >= 15 is 0 Å². The first kappa shape index (κ1) is 13.0. The second-order valence-corrected chi connectivity index (χ2v) is 5.04. The van der Waals surface area contributed by atoms with Gasteiger partial charge in [0.2, 0.25) is 0 Å². The van der Waals surface area contributed by atoms with Crippen LogP contribution in [0.3, 0.4) is 0 Å². The van der Waals surface area contributed by atoms with Crippen LogP contribution in [0.2, 0.25) is 0 Å². The number of amides is 1. The van der Waals surface area contributed by atoms with E-state index in [1.807, 2.05) is 13.8 Å². The highest BCUT2D eigenvalue weighted by molar-refractivity contribution is 5.95. The number of nitrogens with one attached hydrogen (secondary N) is 1. The Kier molecular flexibility index (Phi) is 3.61. The molecule has 0 spiro atoms. The van der Waals surface area contributed by atoms with Gasteiger partial charge in [0.05, 0.1) is 23.6 Å². The number of nitrogens with zero attached hydrogens (tertiary/aromatic N) is 2. The van der Waals surface area contributed by atoms with Crippen molar-refractivity contribution in [2.24, 2.45) is 5.41 Å². The van der Waals surface area contributed by atoms with Crippen LogP contribution in [0.1, 0.15) is 41.5 Å². The summed E-state index contributed by atoms with van der Waals surface area (Å²) in [5.41, 5.74) is 1.98. The number of carbonyl (C=O) groups is 1. The topological polar surface area (TPSA) is 75.1 Å². The van der Waals surface area contributed by atoms with Gasteiger partial charge in [-0.2, -0.15) is 10.2 Å². The minimum Gasteiger partial charge on any atom is -0.396 e. The number of aromatic nitrogens is 2. The van der Waals surface area contributed by atoms with Crippen molar-refractivity contribution in [1.82, 2.24) is 15.5 Å². The molecule has 0 bridgehead atoms. The Labute approximate surface area is 107 Å². The summed E-state index contributed by atoms with van der Waals surface area (Å²) >= 11 is 0. The van der Waals surface area contributed by atoms with Crippen molar-refractivity contribution in [3.63, 3.8) is 0 Å². The van der Waals surface area contributed by atoms with Crippen molar-refractivity contribution < 1.29 is 9.90 Å². The highest BCUT2D eigenvalue weighted by atomic mass is 16.3. The Hall–Kier alpha value is -1.49. The summed E-state index contributed by atoms with van der Waals surface area (Å²) in [5.74, 6) is -0.121. The van der Waals surface area contributed by atoms with Gasteiger partial charge in [-0.25, -0.2) is 0 Å². The van der Waals surface area contributed by atoms with E-state index in [0.717, 1.165) is 18.5 Å². The van der Waals surface area contributed by atoms with Crippen molar-refractivity contribution in [3.05, 3.63) is 23.0 Å². The lowest BCUT2D eigenvalue weighted by atomic mass is 10.1. The normalized spacial score (nSPS) is 16.4. The Morgan fingerprint density at radius 2 is 2.22 bits per heavy atom. The minimum absolute atomic E-state index is 0.0719. The molecule has 5 nitrogen and oxygen atoms in total. The number of hydrogen-bond donors (Lipinski definition) is 2. The largest absolute Gasteiger partial charge is 0.396 e. The van der Waals surface area contributed by atoms with Crippen LogP contribution < -0.4 is 5.32 Å². The first-order valence-electron chi connectivity index (χ1n) is 6.32. The standard InChI is InChI=1S/C13H19N3O2/c1-3-11-10(6-9(2)15-16-11)12(18)14-7-13(8-17)4-5-13/h6,17H,3-5,7-8H2,1-2H3,(H,14,18). The third kappa shape index (κ3) is 2.67. The van der Waals surface area contributed by atoms with Crippen molar-refractivity contribution in [3.8, 4) is 0 Å². The van der Waals surface area contributed by atoms with Crippen LogP contribution in [-0.2, 0) is 6.42 Å².